The van der Waals surface area contributed by atoms with Crippen molar-refractivity contribution in [3.8, 4) is 0 Å². The molecular formula is C21H19N3O4S. The van der Waals surface area contributed by atoms with Gasteiger partial charge in [0, 0.05) is 37.1 Å². The second-order valence-electron chi connectivity index (χ2n) is 7.50. The fraction of sp³-hybridized carbons (Fsp3) is 0.238. The van der Waals surface area contributed by atoms with Crippen LogP contribution in [-0.2, 0) is 9.84 Å². The van der Waals surface area contributed by atoms with Crippen molar-refractivity contribution in [3.63, 3.8) is 0 Å². The van der Waals surface area contributed by atoms with E-state index in [1.807, 2.05) is 18.2 Å². The molecule has 2 aromatic carbocycles. The van der Waals surface area contributed by atoms with Gasteiger partial charge in [-0.15, -0.1) is 0 Å². The number of benzene rings is 2. The number of anilines is 1. The highest BCUT2D eigenvalue weighted by Gasteiger charge is 2.48. The minimum absolute atomic E-state index is 0.0143. The highest BCUT2D eigenvalue weighted by molar-refractivity contribution is 7.91. The number of sulfone groups is 1. The molecule has 7 nitrogen and oxygen atoms in total. The smallest absolute Gasteiger partial charge is 0.407 e. The maximum Gasteiger partial charge on any atom is 0.407 e. The Morgan fingerprint density at radius 3 is 2.55 bits per heavy atom. The largest absolute Gasteiger partial charge is 0.465 e. The maximum absolute atomic E-state index is 12.9. The molecule has 0 aliphatic carbocycles. The number of aromatic nitrogens is 1. The molecule has 8 heteroatoms. The third-order valence-corrected chi connectivity index (χ3v) is 7.59. The van der Waals surface area contributed by atoms with Crippen molar-refractivity contribution in [1.29, 1.82) is 0 Å². The number of nitrogens with zero attached hydrogens (tertiary/aromatic N) is 3. The Kier molecular flexibility index (Phi) is 3.99. The Bertz CT molecular complexity index is 1210. The molecule has 2 fully saturated rings. The summed E-state index contributed by atoms with van der Waals surface area (Å²) in [6, 6.07) is 15.7. The van der Waals surface area contributed by atoms with Crippen molar-refractivity contribution in [2.45, 2.75) is 15.8 Å². The molecule has 2 aliphatic heterocycles. The number of hydrogen-bond acceptors (Lipinski definition) is 5. The third kappa shape index (κ3) is 2.82. The van der Waals surface area contributed by atoms with Gasteiger partial charge in [0.15, 0.2) is 0 Å². The molecule has 0 saturated carbocycles. The van der Waals surface area contributed by atoms with E-state index in [9.17, 15) is 18.3 Å². The fourth-order valence-corrected chi connectivity index (χ4v) is 5.58. The van der Waals surface area contributed by atoms with Crippen LogP contribution < -0.4 is 4.90 Å². The Morgan fingerprint density at radius 1 is 1.00 bits per heavy atom. The van der Waals surface area contributed by atoms with Gasteiger partial charge in [0.2, 0.25) is 9.84 Å². The summed E-state index contributed by atoms with van der Waals surface area (Å²) in [5.41, 5.74) is 1.63. The molecule has 5 rings (SSSR count). The van der Waals surface area contributed by atoms with Gasteiger partial charge >= 0.3 is 6.09 Å². The molecule has 0 radical (unpaired) electrons. The van der Waals surface area contributed by atoms with Gasteiger partial charge in [-0.1, -0.05) is 30.3 Å². The van der Waals surface area contributed by atoms with Crippen molar-refractivity contribution in [3.05, 3.63) is 60.8 Å². The average Bonchev–Trinajstić information content (AvgIpc) is 3.03. The molecular weight excluding hydrogens is 390 g/mol. The van der Waals surface area contributed by atoms with Crippen LogP contribution in [0, 0.1) is 5.92 Å². The normalized spacial score (nSPS) is 21.1. The topological polar surface area (TPSA) is 90.8 Å². The van der Waals surface area contributed by atoms with E-state index in [2.05, 4.69) is 9.88 Å². The molecule has 2 unspecified atom stereocenters. The minimum atomic E-state index is -3.63. The summed E-state index contributed by atoms with van der Waals surface area (Å²) in [7, 11) is -3.63. The summed E-state index contributed by atoms with van der Waals surface area (Å²) in [5, 5.41) is 9.99. The van der Waals surface area contributed by atoms with Crippen molar-refractivity contribution in [2.24, 2.45) is 5.92 Å². The number of rotatable bonds is 3. The number of hydrogen-bond donors (Lipinski definition) is 1. The van der Waals surface area contributed by atoms with Crippen LogP contribution in [0.5, 0.6) is 0 Å². The van der Waals surface area contributed by atoms with Gasteiger partial charge in [-0.3, -0.25) is 4.98 Å². The second-order valence-corrected chi connectivity index (χ2v) is 9.45. The number of pyridine rings is 1. The zero-order chi connectivity index (χ0) is 20.2. The van der Waals surface area contributed by atoms with E-state index in [1.54, 1.807) is 36.4 Å². The van der Waals surface area contributed by atoms with Crippen LogP contribution in [0.25, 0.3) is 10.9 Å². The molecule has 2 aliphatic rings. The third-order valence-electron chi connectivity index (χ3n) is 5.85. The van der Waals surface area contributed by atoms with E-state index in [-0.39, 0.29) is 15.8 Å². The first-order valence-corrected chi connectivity index (χ1v) is 10.9. The molecule has 0 bridgehead atoms. The lowest BCUT2D eigenvalue weighted by Gasteiger charge is -2.40. The van der Waals surface area contributed by atoms with Crippen LogP contribution in [0.3, 0.4) is 0 Å². The van der Waals surface area contributed by atoms with Gasteiger partial charge in [-0.25, -0.2) is 13.2 Å². The van der Waals surface area contributed by atoms with Crippen LogP contribution in [0.1, 0.15) is 0 Å². The molecule has 3 heterocycles. The highest BCUT2D eigenvalue weighted by Crippen LogP contribution is 2.37. The van der Waals surface area contributed by atoms with Gasteiger partial charge in [0.1, 0.15) is 0 Å². The first-order chi connectivity index (χ1) is 13.9. The molecule has 29 heavy (non-hydrogen) atoms. The zero-order valence-electron chi connectivity index (χ0n) is 15.5. The van der Waals surface area contributed by atoms with Crippen LogP contribution >= 0.6 is 0 Å². The number of amides is 1. The summed E-state index contributed by atoms with van der Waals surface area (Å²) < 4.78 is 25.8. The van der Waals surface area contributed by atoms with Gasteiger partial charge in [-0.2, -0.15) is 0 Å². The Labute approximate surface area is 168 Å². The van der Waals surface area contributed by atoms with E-state index >= 15 is 0 Å². The van der Waals surface area contributed by atoms with E-state index < -0.39 is 15.9 Å². The molecule has 1 N–H and O–H groups in total. The number of fused-ring (bicyclic) bond motifs is 2. The second kappa shape index (κ2) is 6.45. The van der Waals surface area contributed by atoms with E-state index in [1.165, 1.54) is 11.1 Å². The predicted molar refractivity (Wildman–Crippen MR) is 108 cm³/mol. The molecule has 3 aromatic rings. The zero-order valence-corrected chi connectivity index (χ0v) is 16.3. The fourth-order valence-electron chi connectivity index (χ4n) is 4.32. The molecule has 0 spiro atoms. The monoisotopic (exact) mass is 409 g/mol. The van der Waals surface area contributed by atoms with E-state index in [0.717, 1.165) is 23.1 Å². The number of para-hydroxylation sites is 1. The standard InChI is InChI=1S/C21H19N3O4S/c25-21(26)24-12-15-11-23(13-19(15)24)18-8-4-5-14-9-17(10-22-20(14)18)29(27,28)16-6-2-1-3-7-16/h1-10,15,19H,11-13H2,(H,25,26). The Balaban J connectivity index is 1.50. The van der Waals surface area contributed by atoms with Crippen LogP contribution in [0.15, 0.2) is 70.6 Å². The van der Waals surface area contributed by atoms with Crippen molar-refractivity contribution < 1.29 is 18.3 Å². The molecule has 1 amide bonds. The van der Waals surface area contributed by atoms with Crippen molar-refractivity contribution >= 4 is 32.5 Å². The summed E-state index contributed by atoms with van der Waals surface area (Å²) in [6.07, 6.45) is 0.530. The van der Waals surface area contributed by atoms with Crippen molar-refractivity contribution in [2.75, 3.05) is 24.5 Å². The Hall–Kier alpha value is -3.13. The predicted octanol–water partition coefficient (Wildman–Crippen LogP) is 2.87. The average molecular weight is 409 g/mol. The lowest BCUT2D eigenvalue weighted by Crippen LogP contribution is -2.57. The van der Waals surface area contributed by atoms with Gasteiger partial charge in [0.05, 0.1) is 27.0 Å². The van der Waals surface area contributed by atoms with E-state index in [4.69, 9.17) is 0 Å². The van der Waals surface area contributed by atoms with Crippen molar-refractivity contribution in [1.82, 2.24) is 9.88 Å². The molecule has 2 saturated heterocycles. The van der Waals surface area contributed by atoms with Gasteiger partial charge < -0.3 is 14.9 Å². The van der Waals surface area contributed by atoms with Crippen LogP contribution in [0.4, 0.5) is 10.5 Å². The Morgan fingerprint density at radius 2 is 1.79 bits per heavy atom. The molecule has 2 atom stereocenters. The maximum atomic E-state index is 12.9. The first-order valence-electron chi connectivity index (χ1n) is 9.38. The van der Waals surface area contributed by atoms with Gasteiger partial charge in [-0.05, 0) is 24.3 Å². The molecule has 148 valence electrons. The summed E-state index contributed by atoms with van der Waals surface area (Å²) in [6.45, 7) is 1.97. The highest BCUT2D eigenvalue weighted by atomic mass is 32.2. The number of carboxylic acid groups (broad SMARTS) is 1. The summed E-state index contributed by atoms with van der Waals surface area (Å²) in [4.78, 5) is 19.8. The quantitative estimate of drug-likeness (QED) is 0.715. The summed E-state index contributed by atoms with van der Waals surface area (Å²) >= 11 is 0. The van der Waals surface area contributed by atoms with E-state index in [0.29, 0.717) is 19.0 Å². The SMILES string of the molecule is O=C(O)N1CC2CN(c3cccc4cc(S(=O)(=O)c5ccccc5)cnc34)CC21. The van der Waals surface area contributed by atoms with Crippen LogP contribution in [-0.4, -0.2) is 55.2 Å². The number of carbonyl (C=O) groups is 1. The molecule has 1 aromatic heterocycles. The van der Waals surface area contributed by atoms with Gasteiger partial charge in [0.25, 0.3) is 0 Å². The summed E-state index contributed by atoms with van der Waals surface area (Å²) in [5.74, 6) is 0.332. The minimum Gasteiger partial charge on any atom is -0.465 e. The van der Waals surface area contributed by atoms with Crippen LogP contribution in [0.2, 0.25) is 0 Å². The lowest BCUT2D eigenvalue weighted by molar-refractivity contribution is 0.0507. The lowest BCUT2D eigenvalue weighted by atomic mass is 9.93. The number of likely N-dealkylation sites (tertiary alicyclic amines) is 1. The first kappa shape index (κ1) is 17.9.